The van der Waals surface area contributed by atoms with Gasteiger partial charge in [-0.15, -0.1) is 5.10 Å². The largest absolute Gasteiger partial charge is 0.325 e. The number of anilines is 1. The Labute approximate surface area is 161 Å². The highest BCUT2D eigenvalue weighted by molar-refractivity contribution is 7.99. The van der Waals surface area contributed by atoms with Crippen LogP contribution in [0.4, 0.5) is 5.69 Å². The smallest absolute Gasteiger partial charge is 0.234 e. The molecular formula is C19H18N6OS. The highest BCUT2D eigenvalue weighted by atomic mass is 32.2. The number of aryl methyl sites for hydroxylation is 2. The summed E-state index contributed by atoms with van der Waals surface area (Å²) in [6.45, 7) is 4.00. The van der Waals surface area contributed by atoms with Crippen LogP contribution in [0.3, 0.4) is 0 Å². The molecule has 1 amide bonds. The average Bonchev–Trinajstić information content (AvgIpc) is 3.10. The number of nitrogens with zero attached hydrogens (tertiary/aromatic N) is 5. The Hall–Kier alpha value is -3.18. The third kappa shape index (κ3) is 4.51. The molecule has 0 aliphatic heterocycles. The minimum absolute atomic E-state index is 0.149. The molecule has 0 spiro atoms. The number of thioether (sulfide) groups is 1. The maximum Gasteiger partial charge on any atom is 0.234 e. The Bertz CT molecular complexity index is 970. The van der Waals surface area contributed by atoms with Gasteiger partial charge in [-0.2, -0.15) is 9.94 Å². The van der Waals surface area contributed by atoms with Crippen LogP contribution in [-0.4, -0.2) is 31.9 Å². The molecule has 0 saturated carbocycles. The third-order valence-electron chi connectivity index (χ3n) is 3.95. The van der Waals surface area contributed by atoms with Crippen LogP contribution in [0.5, 0.6) is 0 Å². The van der Waals surface area contributed by atoms with Crippen molar-refractivity contribution in [1.29, 1.82) is 5.26 Å². The quantitative estimate of drug-likeness (QED) is 0.662. The predicted molar refractivity (Wildman–Crippen MR) is 104 cm³/mol. The van der Waals surface area contributed by atoms with Crippen molar-refractivity contribution in [3.8, 4) is 11.8 Å². The zero-order valence-corrected chi connectivity index (χ0v) is 15.8. The third-order valence-corrected chi connectivity index (χ3v) is 4.86. The number of tetrazole rings is 1. The molecule has 0 aliphatic rings. The Balaban J connectivity index is 1.65. The molecule has 1 N–H and O–H groups in total. The summed E-state index contributed by atoms with van der Waals surface area (Å²) >= 11 is 1.28. The van der Waals surface area contributed by atoms with E-state index in [2.05, 4.69) is 26.9 Å². The van der Waals surface area contributed by atoms with Gasteiger partial charge < -0.3 is 5.32 Å². The fourth-order valence-corrected chi connectivity index (χ4v) is 3.35. The van der Waals surface area contributed by atoms with Gasteiger partial charge in [-0.3, -0.25) is 4.79 Å². The summed E-state index contributed by atoms with van der Waals surface area (Å²) in [7, 11) is 0. The average molecular weight is 378 g/mol. The van der Waals surface area contributed by atoms with E-state index in [-0.39, 0.29) is 11.7 Å². The van der Waals surface area contributed by atoms with E-state index in [4.69, 9.17) is 5.26 Å². The van der Waals surface area contributed by atoms with Gasteiger partial charge in [0.05, 0.1) is 23.9 Å². The monoisotopic (exact) mass is 378 g/mol. The van der Waals surface area contributed by atoms with Crippen LogP contribution in [-0.2, 0) is 11.2 Å². The van der Waals surface area contributed by atoms with Gasteiger partial charge in [0.1, 0.15) is 0 Å². The predicted octanol–water partition coefficient (Wildman–Crippen LogP) is 3.08. The van der Waals surface area contributed by atoms with E-state index >= 15 is 0 Å². The lowest BCUT2D eigenvalue weighted by Crippen LogP contribution is -2.14. The maximum absolute atomic E-state index is 12.2. The first kappa shape index (κ1) is 18.6. The van der Waals surface area contributed by atoms with Crippen molar-refractivity contribution >= 4 is 23.4 Å². The summed E-state index contributed by atoms with van der Waals surface area (Å²) < 4.78 is 1.67. The van der Waals surface area contributed by atoms with E-state index in [0.29, 0.717) is 17.3 Å². The number of nitriles is 1. The van der Waals surface area contributed by atoms with Gasteiger partial charge in [0.25, 0.3) is 0 Å². The standard InChI is InChI=1S/C19H18N6OS/c1-13-4-3-5-14(2)18(13)25-19(22-23-24-25)27-12-17(26)21-16-8-6-15(7-9-16)10-11-20/h3-9H,10,12H2,1-2H3,(H,21,26). The molecule has 0 bridgehead atoms. The van der Waals surface area contributed by atoms with Crippen molar-refractivity contribution in [2.24, 2.45) is 0 Å². The maximum atomic E-state index is 12.2. The van der Waals surface area contributed by atoms with E-state index in [1.54, 1.807) is 16.8 Å². The van der Waals surface area contributed by atoms with Crippen molar-refractivity contribution in [3.05, 3.63) is 59.2 Å². The molecule has 3 aromatic rings. The van der Waals surface area contributed by atoms with Gasteiger partial charge in [-0.05, 0) is 53.1 Å². The minimum Gasteiger partial charge on any atom is -0.325 e. The number of hydrogen-bond donors (Lipinski definition) is 1. The van der Waals surface area contributed by atoms with E-state index in [1.165, 1.54) is 11.8 Å². The molecule has 0 unspecified atom stereocenters. The van der Waals surface area contributed by atoms with Crippen LogP contribution in [0.25, 0.3) is 5.69 Å². The Morgan fingerprint density at radius 3 is 2.56 bits per heavy atom. The summed E-state index contributed by atoms with van der Waals surface area (Å²) in [5, 5.41) is 24.0. The van der Waals surface area contributed by atoms with Crippen LogP contribution >= 0.6 is 11.8 Å². The van der Waals surface area contributed by atoms with Crippen LogP contribution in [0.2, 0.25) is 0 Å². The lowest BCUT2D eigenvalue weighted by Gasteiger charge is -2.10. The van der Waals surface area contributed by atoms with Crippen molar-refractivity contribution in [2.45, 2.75) is 25.4 Å². The molecule has 0 atom stereocenters. The van der Waals surface area contributed by atoms with Gasteiger partial charge in [0.2, 0.25) is 11.1 Å². The number of carbonyl (C=O) groups excluding carboxylic acids is 1. The van der Waals surface area contributed by atoms with Crippen molar-refractivity contribution in [2.75, 3.05) is 11.1 Å². The molecule has 0 aliphatic carbocycles. The number of amides is 1. The zero-order valence-electron chi connectivity index (χ0n) is 15.0. The fraction of sp³-hybridized carbons (Fsp3) is 0.211. The molecule has 0 fully saturated rings. The topological polar surface area (TPSA) is 96.5 Å². The van der Waals surface area contributed by atoms with Crippen molar-refractivity contribution in [1.82, 2.24) is 20.2 Å². The molecular weight excluding hydrogens is 360 g/mol. The first-order valence-electron chi connectivity index (χ1n) is 8.32. The van der Waals surface area contributed by atoms with Gasteiger partial charge in [0, 0.05) is 5.69 Å². The highest BCUT2D eigenvalue weighted by Crippen LogP contribution is 2.23. The summed E-state index contributed by atoms with van der Waals surface area (Å²) in [6, 6.07) is 15.3. The van der Waals surface area contributed by atoms with Crippen LogP contribution < -0.4 is 5.32 Å². The normalized spacial score (nSPS) is 10.4. The number of rotatable bonds is 6. The lowest BCUT2D eigenvalue weighted by molar-refractivity contribution is -0.113. The van der Waals surface area contributed by atoms with E-state index < -0.39 is 0 Å². The molecule has 1 aromatic heterocycles. The Morgan fingerprint density at radius 2 is 1.89 bits per heavy atom. The van der Waals surface area contributed by atoms with Crippen LogP contribution in [0, 0.1) is 25.2 Å². The number of nitrogens with one attached hydrogen (secondary N) is 1. The second-order valence-corrected chi connectivity index (χ2v) is 6.92. The first-order chi connectivity index (χ1) is 13.1. The number of aromatic nitrogens is 4. The minimum atomic E-state index is -0.149. The van der Waals surface area contributed by atoms with E-state index in [0.717, 1.165) is 22.4 Å². The summed E-state index contributed by atoms with van der Waals surface area (Å²) in [5.74, 6) is 0.0368. The Morgan fingerprint density at radius 1 is 1.19 bits per heavy atom. The van der Waals surface area contributed by atoms with Gasteiger partial charge in [0.15, 0.2) is 0 Å². The number of carbonyl (C=O) groups is 1. The van der Waals surface area contributed by atoms with Crippen molar-refractivity contribution < 1.29 is 4.79 Å². The number of para-hydroxylation sites is 1. The summed E-state index contributed by atoms with van der Waals surface area (Å²) in [6.07, 6.45) is 0.352. The molecule has 0 saturated heterocycles. The van der Waals surface area contributed by atoms with Crippen molar-refractivity contribution in [3.63, 3.8) is 0 Å². The van der Waals surface area contributed by atoms with Gasteiger partial charge in [-0.1, -0.05) is 42.1 Å². The highest BCUT2D eigenvalue weighted by Gasteiger charge is 2.14. The summed E-state index contributed by atoms with van der Waals surface area (Å²) in [4.78, 5) is 12.2. The summed E-state index contributed by atoms with van der Waals surface area (Å²) in [5.41, 5.74) is 4.66. The molecule has 3 rings (SSSR count). The van der Waals surface area contributed by atoms with E-state index in [9.17, 15) is 4.79 Å². The SMILES string of the molecule is Cc1cccc(C)c1-n1nnnc1SCC(=O)Nc1ccc(CC#N)cc1. The molecule has 1 heterocycles. The van der Waals surface area contributed by atoms with Crippen LogP contribution in [0.1, 0.15) is 16.7 Å². The van der Waals surface area contributed by atoms with Gasteiger partial charge >= 0.3 is 0 Å². The van der Waals surface area contributed by atoms with Crippen LogP contribution in [0.15, 0.2) is 47.6 Å². The number of hydrogen-bond acceptors (Lipinski definition) is 6. The number of benzene rings is 2. The second kappa shape index (κ2) is 8.47. The van der Waals surface area contributed by atoms with Gasteiger partial charge in [-0.25, -0.2) is 0 Å². The first-order valence-corrected chi connectivity index (χ1v) is 9.30. The van der Waals surface area contributed by atoms with E-state index in [1.807, 2.05) is 44.2 Å². The molecule has 136 valence electrons. The molecule has 8 heteroatoms. The molecule has 27 heavy (non-hydrogen) atoms. The molecule has 7 nitrogen and oxygen atoms in total. The zero-order chi connectivity index (χ0) is 19.2. The molecule has 2 aromatic carbocycles. The second-order valence-electron chi connectivity index (χ2n) is 5.98. The lowest BCUT2D eigenvalue weighted by atomic mass is 10.1. The molecule has 0 radical (unpaired) electrons. The fourth-order valence-electron chi connectivity index (χ4n) is 2.67. The Kier molecular flexibility index (Phi) is 5.84.